The molecule has 0 saturated carbocycles. The monoisotopic (exact) mass is 928 g/mol. The molecule has 4 N–H and O–H groups in total. The summed E-state index contributed by atoms with van der Waals surface area (Å²) in [5.41, 5.74) is 4.74. The zero-order valence-electron chi connectivity index (χ0n) is 37.1. The molecule has 3 aromatic heterocycles. The predicted octanol–water partition coefficient (Wildman–Crippen LogP) is 6.06. The highest BCUT2D eigenvalue weighted by Gasteiger charge is 2.45. The number of β-amino-alcohol motifs (C(OH)–C–C–N with tert-alkyl or cyclic N) is 1. The Balaban J connectivity index is 0.857. The second-order valence-electron chi connectivity index (χ2n) is 17.3. The smallest absolute Gasteiger partial charge is 0.391 e. The summed E-state index contributed by atoms with van der Waals surface area (Å²) in [6.45, 7) is 7.18. The molecule has 3 atom stereocenters. The summed E-state index contributed by atoms with van der Waals surface area (Å²) < 4.78 is 54.1. The van der Waals surface area contributed by atoms with Crippen LogP contribution < -0.4 is 10.6 Å². The lowest BCUT2D eigenvalue weighted by atomic mass is 9.85. The van der Waals surface area contributed by atoms with E-state index in [0.29, 0.717) is 27.8 Å². The summed E-state index contributed by atoms with van der Waals surface area (Å²) >= 11 is 1.53. The number of ether oxygens (including phenoxy) is 2. The zero-order valence-corrected chi connectivity index (χ0v) is 37.9. The standard InChI is InChI=1S/C47H51F3N8O7S/c1-27-41(66-26-53-27)29-8-6-28(7-9-29)20-36(51)40(61)38-22-33(59)23-57(38)45(63)42(46(2,3)4)54-39(60)25-65-19-18-64-17-16-52-44(62)30-10-15-37-34(21-30)35-24-56(5)55-43(35)58(37)32-13-11-31(12-14-32)47(48,49)50/h6-15,21,24,26,33,38,42,51,59H,16-20,22-23,25H2,1-5H3,(H,52,62)(H,54,60)/t33-,38+,42?/m1/s1. The highest BCUT2D eigenvalue weighted by molar-refractivity contribution is 7.13. The van der Waals surface area contributed by atoms with E-state index < -0.39 is 52.9 Å². The van der Waals surface area contributed by atoms with E-state index in [4.69, 9.17) is 14.9 Å². The molecule has 1 aliphatic heterocycles. The number of rotatable bonds is 17. The predicted molar refractivity (Wildman–Crippen MR) is 243 cm³/mol. The largest absolute Gasteiger partial charge is 0.416 e. The first-order valence-electron chi connectivity index (χ1n) is 21.3. The Morgan fingerprint density at radius 1 is 0.970 bits per heavy atom. The SMILES string of the molecule is Cc1ncsc1-c1ccc(CC(=N)C(=O)[C@@H]2C[C@@H](O)CN2C(=O)C(NC(=O)COCCOCCNC(=O)c2ccc3c(c2)c2cn(C)nc2n3-c2ccc(C(F)(F)F)cc2)C(C)(C)C)cc1. The molecule has 66 heavy (non-hydrogen) atoms. The van der Waals surface area contributed by atoms with Crippen LogP contribution in [0.15, 0.2) is 78.4 Å². The molecule has 1 saturated heterocycles. The van der Waals surface area contributed by atoms with Gasteiger partial charge in [-0.2, -0.15) is 18.3 Å². The molecule has 0 spiro atoms. The lowest BCUT2D eigenvalue weighted by molar-refractivity contribution is -0.143. The van der Waals surface area contributed by atoms with Gasteiger partial charge in [-0.1, -0.05) is 45.0 Å². The van der Waals surface area contributed by atoms with Gasteiger partial charge in [0.2, 0.25) is 11.8 Å². The maximum absolute atomic E-state index is 14.0. The summed E-state index contributed by atoms with van der Waals surface area (Å²) in [5.74, 6) is -2.05. The second-order valence-corrected chi connectivity index (χ2v) is 18.2. The highest BCUT2D eigenvalue weighted by Crippen LogP contribution is 2.35. The number of benzene rings is 3. The van der Waals surface area contributed by atoms with E-state index in [9.17, 15) is 37.5 Å². The highest BCUT2D eigenvalue weighted by atomic mass is 32.1. The number of aliphatic hydroxyl groups is 1. The number of nitrogens with one attached hydrogen (secondary N) is 3. The molecule has 0 bridgehead atoms. The Labute approximate surface area is 382 Å². The van der Waals surface area contributed by atoms with Gasteiger partial charge in [-0.25, -0.2) is 4.98 Å². The van der Waals surface area contributed by atoms with Crippen molar-refractivity contribution in [3.63, 3.8) is 0 Å². The zero-order chi connectivity index (χ0) is 47.5. The number of hydrogen-bond acceptors (Lipinski definition) is 11. The van der Waals surface area contributed by atoms with Gasteiger partial charge >= 0.3 is 6.18 Å². The Bertz CT molecular complexity index is 2760. The van der Waals surface area contributed by atoms with E-state index in [0.717, 1.165) is 39.2 Å². The Kier molecular flexibility index (Phi) is 14.2. The summed E-state index contributed by atoms with van der Waals surface area (Å²) in [6, 6.07) is 15.3. The molecule has 348 valence electrons. The summed E-state index contributed by atoms with van der Waals surface area (Å²) in [4.78, 5) is 60.4. The number of aryl methyl sites for hydroxylation is 2. The van der Waals surface area contributed by atoms with Gasteiger partial charge in [-0.15, -0.1) is 11.3 Å². The van der Waals surface area contributed by atoms with Crippen LogP contribution in [0.1, 0.15) is 54.4 Å². The van der Waals surface area contributed by atoms with E-state index in [1.807, 2.05) is 31.2 Å². The molecule has 1 fully saturated rings. The molecule has 3 amide bonds. The van der Waals surface area contributed by atoms with Crippen LogP contribution in [0.2, 0.25) is 0 Å². The third-order valence-corrected chi connectivity index (χ3v) is 12.3. The van der Waals surface area contributed by atoms with Crippen LogP contribution in [0.4, 0.5) is 13.2 Å². The van der Waals surface area contributed by atoms with Crippen LogP contribution in [-0.4, -0.2) is 116 Å². The maximum Gasteiger partial charge on any atom is 0.416 e. The van der Waals surface area contributed by atoms with Crippen LogP contribution in [0, 0.1) is 17.7 Å². The third kappa shape index (κ3) is 10.7. The van der Waals surface area contributed by atoms with Gasteiger partial charge in [-0.3, -0.25) is 28.4 Å². The number of likely N-dealkylation sites (tertiary alicyclic amines) is 1. The number of nitrogens with zero attached hydrogens (tertiary/aromatic N) is 5. The van der Waals surface area contributed by atoms with E-state index in [1.54, 1.807) is 67.0 Å². The first kappa shape index (κ1) is 47.7. The molecule has 0 aliphatic carbocycles. The molecule has 3 aromatic carbocycles. The Morgan fingerprint density at radius 3 is 2.35 bits per heavy atom. The van der Waals surface area contributed by atoms with Crippen molar-refractivity contribution in [3.8, 4) is 16.1 Å². The molecular formula is C47H51F3N8O7S. The van der Waals surface area contributed by atoms with E-state index in [1.165, 1.54) is 28.4 Å². The molecular weight excluding hydrogens is 878 g/mol. The van der Waals surface area contributed by atoms with E-state index in [-0.39, 0.29) is 64.0 Å². The van der Waals surface area contributed by atoms with Gasteiger partial charge in [0, 0.05) is 61.2 Å². The number of ketones is 1. The fourth-order valence-electron chi connectivity index (χ4n) is 7.99. The van der Waals surface area contributed by atoms with Crippen LogP contribution >= 0.6 is 11.3 Å². The van der Waals surface area contributed by atoms with Crippen molar-refractivity contribution in [2.45, 2.75) is 64.9 Å². The molecule has 15 nitrogen and oxygen atoms in total. The van der Waals surface area contributed by atoms with Crippen LogP contribution in [-0.2, 0) is 43.5 Å². The number of halogens is 3. The van der Waals surface area contributed by atoms with Crippen molar-refractivity contribution >= 4 is 62.5 Å². The van der Waals surface area contributed by atoms with Gasteiger partial charge in [-0.05, 0) is 65.9 Å². The van der Waals surface area contributed by atoms with Crippen molar-refractivity contribution in [2.24, 2.45) is 12.5 Å². The average Bonchev–Trinajstić information content (AvgIpc) is 4.05. The van der Waals surface area contributed by atoms with Crippen molar-refractivity contribution < 1.29 is 46.9 Å². The average molecular weight is 929 g/mol. The topological polar surface area (TPSA) is 194 Å². The quantitative estimate of drug-likeness (QED) is 0.0622. The normalized spacial score (nSPS) is 15.9. The molecule has 19 heteroatoms. The number of Topliss-reactive ketones (excluding diaryl/α,β-unsaturated/α-hetero) is 1. The van der Waals surface area contributed by atoms with Crippen LogP contribution in [0.3, 0.4) is 0 Å². The Hall–Kier alpha value is -6.28. The molecule has 4 heterocycles. The number of carbonyl (C=O) groups is 4. The molecule has 6 aromatic rings. The van der Waals surface area contributed by atoms with Gasteiger partial charge in [0.15, 0.2) is 11.4 Å². The number of carbonyl (C=O) groups excluding carboxylic acids is 4. The molecule has 1 aliphatic rings. The lowest BCUT2D eigenvalue weighted by Crippen LogP contribution is -2.57. The molecule has 7 rings (SSSR count). The van der Waals surface area contributed by atoms with Crippen molar-refractivity contribution in [3.05, 3.63) is 101 Å². The van der Waals surface area contributed by atoms with Crippen molar-refractivity contribution in [1.29, 1.82) is 5.41 Å². The number of hydrogen-bond donors (Lipinski definition) is 4. The van der Waals surface area contributed by atoms with E-state index in [2.05, 4.69) is 20.7 Å². The number of fused-ring (bicyclic) bond motifs is 3. The first-order chi connectivity index (χ1) is 31.3. The van der Waals surface area contributed by atoms with Crippen molar-refractivity contribution in [1.82, 2.24) is 34.9 Å². The summed E-state index contributed by atoms with van der Waals surface area (Å²) in [5, 5.41) is 30.7. The minimum absolute atomic E-state index is 0.0227. The van der Waals surface area contributed by atoms with E-state index >= 15 is 0 Å². The number of aromatic nitrogens is 4. The third-order valence-electron chi connectivity index (χ3n) is 11.3. The first-order valence-corrected chi connectivity index (χ1v) is 22.2. The van der Waals surface area contributed by atoms with Gasteiger partial charge in [0.25, 0.3) is 5.91 Å². The number of amides is 3. The minimum atomic E-state index is -4.47. The number of aliphatic hydroxyl groups excluding tert-OH is 1. The second kappa shape index (κ2) is 19.7. The summed E-state index contributed by atoms with van der Waals surface area (Å²) in [7, 11) is 1.73. The van der Waals surface area contributed by atoms with Gasteiger partial charge in [0.05, 0.1) is 64.8 Å². The fraction of sp³-hybridized carbons (Fsp3) is 0.383. The fourth-order valence-corrected chi connectivity index (χ4v) is 8.80. The van der Waals surface area contributed by atoms with Gasteiger partial charge < -0.3 is 35.5 Å². The van der Waals surface area contributed by atoms with Gasteiger partial charge in [0.1, 0.15) is 12.6 Å². The summed E-state index contributed by atoms with van der Waals surface area (Å²) in [6.07, 6.45) is -3.63. The van der Waals surface area contributed by atoms with Crippen LogP contribution in [0.25, 0.3) is 38.1 Å². The molecule has 0 radical (unpaired) electrons. The lowest BCUT2D eigenvalue weighted by Gasteiger charge is -2.35. The number of alkyl halides is 3. The minimum Gasteiger partial charge on any atom is -0.391 e. The van der Waals surface area contributed by atoms with Crippen molar-refractivity contribution in [2.75, 3.05) is 39.5 Å². The molecule has 1 unspecified atom stereocenters. The van der Waals surface area contributed by atoms with Crippen LogP contribution in [0.5, 0.6) is 0 Å². The Morgan fingerprint density at radius 2 is 1.68 bits per heavy atom. The number of thiazole rings is 1. The maximum atomic E-state index is 14.0.